The summed E-state index contributed by atoms with van der Waals surface area (Å²) in [6.07, 6.45) is 1.94. The van der Waals surface area contributed by atoms with Gasteiger partial charge in [0.1, 0.15) is 5.82 Å². The molecule has 0 amide bonds. The monoisotopic (exact) mass is 505 g/mol. The first-order valence-corrected chi connectivity index (χ1v) is 10.1. The van der Waals surface area contributed by atoms with Crippen LogP contribution in [0.2, 0.25) is 0 Å². The van der Waals surface area contributed by atoms with Gasteiger partial charge >= 0.3 is 0 Å². The van der Waals surface area contributed by atoms with Gasteiger partial charge in [-0.25, -0.2) is 12.8 Å². The molecule has 27 heavy (non-hydrogen) atoms. The van der Waals surface area contributed by atoms with Crippen molar-refractivity contribution in [1.82, 2.24) is 10.2 Å². The largest absolute Gasteiger partial charge is 0.356 e. The van der Waals surface area contributed by atoms with Crippen molar-refractivity contribution >= 4 is 39.8 Å². The summed E-state index contributed by atoms with van der Waals surface area (Å²) in [4.78, 5) is 6.54. The van der Waals surface area contributed by atoms with Crippen LogP contribution in [0.3, 0.4) is 0 Å². The minimum atomic E-state index is -3.17. The number of sulfone groups is 1. The molecule has 0 saturated heterocycles. The van der Waals surface area contributed by atoms with Crippen LogP contribution in [-0.4, -0.2) is 46.2 Å². The van der Waals surface area contributed by atoms with Gasteiger partial charge in [-0.2, -0.15) is 0 Å². The highest BCUT2D eigenvalue weighted by atomic mass is 127. The predicted octanol–water partition coefficient (Wildman–Crippen LogP) is 3.10. The van der Waals surface area contributed by atoms with E-state index in [-0.39, 0.29) is 29.8 Å². The first-order valence-electron chi connectivity index (χ1n) is 8.25. The lowest BCUT2D eigenvalue weighted by Crippen LogP contribution is -2.39. The third kappa shape index (κ3) is 7.45. The van der Waals surface area contributed by atoms with Crippen LogP contribution in [0, 0.1) is 5.82 Å². The van der Waals surface area contributed by atoms with E-state index in [1.165, 1.54) is 18.4 Å². The molecule has 8 heteroatoms. The predicted molar refractivity (Wildman–Crippen MR) is 118 cm³/mol. The minimum absolute atomic E-state index is 0. The molecule has 5 nitrogen and oxygen atoms in total. The van der Waals surface area contributed by atoms with E-state index in [1.54, 1.807) is 31.3 Å². The Morgan fingerprint density at radius 3 is 2.15 bits per heavy atom. The molecule has 0 heterocycles. The van der Waals surface area contributed by atoms with Gasteiger partial charge in [-0.05, 0) is 41.8 Å². The Balaban J connectivity index is 0.00000364. The van der Waals surface area contributed by atoms with Crippen LogP contribution in [0.4, 0.5) is 4.39 Å². The zero-order valence-corrected chi connectivity index (χ0v) is 18.8. The van der Waals surface area contributed by atoms with E-state index in [4.69, 9.17) is 0 Å². The number of hydrogen-bond acceptors (Lipinski definition) is 3. The van der Waals surface area contributed by atoms with Gasteiger partial charge in [0, 0.05) is 33.4 Å². The van der Waals surface area contributed by atoms with Crippen LogP contribution in [-0.2, 0) is 22.8 Å². The second-order valence-corrected chi connectivity index (χ2v) is 8.14. The van der Waals surface area contributed by atoms with Crippen LogP contribution >= 0.6 is 24.0 Å². The maximum absolute atomic E-state index is 13.0. The SMILES string of the molecule is CN=C(NCCc1ccc(S(C)(=O)=O)cc1)N(C)Cc1ccc(F)cc1.I. The Hall–Kier alpha value is -1.68. The molecule has 0 bridgehead atoms. The van der Waals surface area contributed by atoms with Gasteiger partial charge in [-0.15, -0.1) is 24.0 Å². The Kier molecular flexibility index (Phi) is 9.17. The molecular weight excluding hydrogens is 480 g/mol. The van der Waals surface area contributed by atoms with Crippen LogP contribution in [0.5, 0.6) is 0 Å². The average molecular weight is 505 g/mol. The molecule has 0 fully saturated rings. The highest BCUT2D eigenvalue weighted by molar-refractivity contribution is 14.0. The molecule has 0 aliphatic carbocycles. The number of benzene rings is 2. The van der Waals surface area contributed by atoms with Crippen molar-refractivity contribution in [3.05, 3.63) is 65.5 Å². The van der Waals surface area contributed by atoms with E-state index in [2.05, 4.69) is 10.3 Å². The second-order valence-electron chi connectivity index (χ2n) is 6.12. The van der Waals surface area contributed by atoms with Gasteiger partial charge in [0.2, 0.25) is 0 Å². The van der Waals surface area contributed by atoms with E-state index in [9.17, 15) is 12.8 Å². The lowest BCUT2D eigenvalue weighted by atomic mass is 10.1. The summed E-state index contributed by atoms with van der Waals surface area (Å²) in [6.45, 7) is 1.28. The van der Waals surface area contributed by atoms with Crippen molar-refractivity contribution in [3.8, 4) is 0 Å². The standard InChI is InChI=1S/C19H24FN3O2S.HI/c1-21-19(23(2)14-16-4-8-17(20)9-5-16)22-13-12-15-6-10-18(11-7-15)26(3,24)25;/h4-11H,12-14H2,1-3H3,(H,21,22);1H. The molecule has 148 valence electrons. The molecule has 2 rings (SSSR count). The summed E-state index contributed by atoms with van der Waals surface area (Å²) in [5.41, 5.74) is 2.04. The van der Waals surface area contributed by atoms with E-state index >= 15 is 0 Å². The Morgan fingerprint density at radius 1 is 1.07 bits per heavy atom. The van der Waals surface area contributed by atoms with Gasteiger partial charge < -0.3 is 10.2 Å². The number of guanidine groups is 1. The second kappa shape index (κ2) is 10.6. The van der Waals surface area contributed by atoms with Gasteiger partial charge in [-0.3, -0.25) is 4.99 Å². The number of rotatable bonds is 6. The molecule has 0 aliphatic rings. The summed E-state index contributed by atoms with van der Waals surface area (Å²) in [7, 11) is 0.463. The topological polar surface area (TPSA) is 61.8 Å². The van der Waals surface area contributed by atoms with Crippen molar-refractivity contribution in [1.29, 1.82) is 0 Å². The Labute approximate surface area is 177 Å². The molecule has 0 atom stereocenters. The first-order chi connectivity index (χ1) is 12.3. The number of halogens is 2. The summed E-state index contributed by atoms with van der Waals surface area (Å²) in [6, 6.07) is 13.3. The number of hydrogen-bond donors (Lipinski definition) is 1. The summed E-state index contributed by atoms with van der Waals surface area (Å²) < 4.78 is 35.9. The molecule has 0 unspecified atom stereocenters. The van der Waals surface area contributed by atoms with Crippen LogP contribution in [0.1, 0.15) is 11.1 Å². The van der Waals surface area contributed by atoms with Crippen LogP contribution in [0.15, 0.2) is 58.4 Å². The zero-order chi connectivity index (χ0) is 19.2. The van der Waals surface area contributed by atoms with Crippen molar-refractivity contribution in [2.75, 3.05) is 26.9 Å². The molecule has 0 aliphatic heterocycles. The van der Waals surface area contributed by atoms with Crippen molar-refractivity contribution in [3.63, 3.8) is 0 Å². The molecule has 0 spiro atoms. The first kappa shape index (κ1) is 23.4. The van der Waals surface area contributed by atoms with Gasteiger partial charge in [0.15, 0.2) is 15.8 Å². The molecule has 0 radical (unpaired) electrons. The van der Waals surface area contributed by atoms with Gasteiger partial charge in [-0.1, -0.05) is 24.3 Å². The smallest absolute Gasteiger partial charge is 0.193 e. The Morgan fingerprint density at radius 2 is 1.63 bits per heavy atom. The highest BCUT2D eigenvalue weighted by Crippen LogP contribution is 2.10. The van der Waals surface area contributed by atoms with Crippen molar-refractivity contribution in [2.45, 2.75) is 17.9 Å². The van der Waals surface area contributed by atoms with E-state index in [0.717, 1.165) is 23.5 Å². The summed E-state index contributed by atoms with van der Waals surface area (Å²) in [5.74, 6) is 0.489. The molecule has 1 N–H and O–H groups in total. The third-order valence-corrected chi connectivity index (χ3v) is 5.08. The molecule has 0 saturated carbocycles. The number of nitrogens with zero attached hydrogens (tertiary/aromatic N) is 2. The fraction of sp³-hybridized carbons (Fsp3) is 0.316. The maximum atomic E-state index is 13.0. The third-order valence-electron chi connectivity index (χ3n) is 3.95. The maximum Gasteiger partial charge on any atom is 0.193 e. The Bertz CT molecular complexity index is 854. The van der Waals surface area contributed by atoms with E-state index < -0.39 is 9.84 Å². The van der Waals surface area contributed by atoms with Crippen LogP contribution < -0.4 is 5.32 Å². The van der Waals surface area contributed by atoms with E-state index in [1.807, 2.05) is 24.1 Å². The van der Waals surface area contributed by atoms with E-state index in [0.29, 0.717) is 18.0 Å². The van der Waals surface area contributed by atoms with Gasteiger partial charge in [0.25, 0.3) is 0 Å². The highest BCUT2D eigenvalue weighted by Gasteiger charge is 2.08. The van der Waals surface area contributed by atoms with Gasteiger partial charge in [0.05, 0.1) is 4.90 Å². The molecule has 2 aromatic rings. The minimum Gasteiger partial charge on any atom is -0.356 e. The summed E-state index contributed by atoms with van der Waals surface area (Å²) >= 11 is 0. The van der Waals surface area contributed by atoms with Crippen molar-refractivity contribution < 1.29 is 12.8 Å². The zero-order valence-electron chi connectivity index (χ0n) is 15.6. The fourth-order valence-electron chi connectivity index (χ4n) is 2.55. The molecule has 0 aromatic heterocycles. The van der Waals surface area contributed by atoms with Crippen molar-refractivity contribution in [2.24, 2.45) is 4.99 Å². The summed E-state index contributed by atoms with van der Waals surface area (Å²) in [5, 5.41) is 3.28. The number of nitrogens with one attached hydrogen (secondary N) is 1. The average Bonchev–Trinajstić information content (AvgIpc) is 2.60. The van der Waals surface area contributed by atoms with Crippen LogP contribution in [0.25, 0.3) is 0 Å². The molecular formula is C19H25FIN3O2S. The lowest BCUT2D eigenvalue weighted by Gasteiger charge is -2.22. The quantitative estimate of drug-likeness (QED) is 0.373. The number of aliphatic imine (C=N–C) groups is 1. The fourth-order valence-corrected chi connectivity index (χ4v) is 3.18. The lowest BCUT2D eigenvalue weighted by molar-refractivity contribution is 0.476. The molecule has 2 aromatic carbocycles. The normalized spacial score (nSPS) is 11.6.